The second kappa shape index (κ2) is 4.17. The van der Waals surface area contributed by atoms with E-state index < -0.39 is 0 Å². The van der Waals surface area contributed by atoms with E-state index in [1.807, 2.05) is 24.3 Å². The Morgan fingerprint density at radius 2 is 2.27 bits per heavy atom. The van der Waals surface area contributed by atoms with E-state index in [0.29, 0.717) is 18.6 Å². The molecular formula is C12H12O3. The summed E-state index contributed by atoms with van der Waals surface area (Å²) in [6.07, 6.45) is 2.05. The summed E-state index contributed by atoms with van der Waals surface area (Å²) in [5, 5.41) is 0. The third-order valence-electron chi connectivity index (χ3n) is 2.22. The molecule has 1 aromatic carbocycles. The molecule has 0 spiro atoms. The molecule has 0 saturated carbocycles. The zero-order chi connectivity index (χ0) is 10.7. The maximum Gasteiger partial charge on any atom is 0.337 e. The van der Waals surface area contributed by atoms with Gasteiger partial charge < -0.3 is 9.47 Å². The number of hydrogen-bond donors (Lipinski definition) is 0. The first-order valence-corrected chi connectivity index (χ1v) is 4.92. The second-order valence-electron chi connectivity index (χ2n) is 3.27. The standard InChI is InChI=1S/C12H12O3/c1-2-14-12(13)10-7-9-5-3-4-6-11(9)15-8-10/h3-6,8H,2,7H2,1H3. The molecule has 1 aliphatic rings. The highest BCUT2D eigenvalue weighted by atomic mass is 16.5. The van der Waals surface area contributed by atoms with Gasteiger partial charge in [-0.2, -0.15) is 0 Å². The molecule has 3 nitrogen and oxygen atoms in total. The molecule has 1 aliphatic heterocycles. The molecule has 0 aliphatic carbocycles. The normalized spacial score (nSPS) is 13.5. The van der Waals surface area contributed by atoms with E-state index >= 15 is 0 Å². The maximum absolute atomic E-state index is 11.4. The molecule has 0 radical (unpaired) electrons. The van der Waals surface area contributed by atoms with E-state index in [0.717, 1.165) is 11.3 Å². The Kier molecular flexibility index (Phi) is 2.72. The lowest BCUT2D eigenvalue weighted by Gasteiger charge is -2.15. The Hall–Kier alpha value is -1.77. The van der Waals surface area contributed by atoms with Crippen LogP contribution in [0, 0.1) is 0 Å². The van der Waals surface area contributed by atoms with Gasteiger partial charge in [0.2, 0.25) is 0 Å². The summed E-state index contributed by atoms with van der Waals surface area (Å²) in [4.78, 5) is 11.4. The summed E-state index contributed by atoms with van der Waals surface area (Å²) >= 11 is 0. The van der Waals surface area contributed by atoms with Gasteiger partial charge in [0, 0.05) is 6.42 Å². The summed E-state index contributed by atoms with van der Waals surface area (Å²) in [5.41, 5.74) is 1.58. The van der Waals surface area contributed by atoms with Gasteiger partial charge in [-0.15, -0.1) is 0 Å². The van der Waals surface area contributed by atoms with Crippen LogP contribution in [0.1, 0.15) is 12.5 Å². The number of ether oxygens (including phenoxy) is 2. The third-order valence-corrected chi connectivity index (χ3v) is 2.22. The maximum atomic E-state index is 11.4. The van der Waals surface area contributed by atoms with Gasteiger partial charge in [0.05, 0.1) is 12.2 Å². The lowest BCUT2D eigenvalue weighted by atomic mass is 10.0. The number of hydrogen-bond acceptors (Lipinski definition) is 3. The van der Waals surface area contributed by atoms with Gasteiger partial charge >= 0.3 is 5.97 Å². The predicted molar refractivity (Wildman–Crippen MR) is 55.5 cm³/mol. The van der Waals surface area contributed by atoms with Crippen molar-refractivity contribution in [3.63, 3.8) is 0 Å². The minimum atomic E-state index is -0.299. The zero-order valence-electron chi connectivity index (χ0n) is 8.53. The van der Waals surface area contributed by atoms with Gasteiger partial charge in [-0.05, 0) is 18.6 Å². The van der Waals surface area contributed by atoms with Crippen LogP contribution in [-0.2, 0) is 16.0 Å². The summed E-state index contributed by atoms with van der Waals surface area (Å²) in [5.74, 6) is 0.512. The first-order chi connectivity index (χ1) is 7.31. The molecule has 0 fully saturated rings. The van der Waals surface area contributed by atoms with Crippen molar-refractivity contribution in [3.05, 3.63) is 41.7 Å². The zero-order valence-corrected chi connectivity index (χ0v) is 8.53. The van der Waals surface area contributed by atoms with E-state index in [1.54, 1.807) is 6.92 Å². The molecule has 0 saturated heterocycles. The predicted octanol–water partition coefficient (Wildman–Crippen LogP) is 2.07. The van der Waals surface area contributed by atoms with Crippen LogP contribution in [0.25, 0.3) is 0 Å². The molecule has 78 valence electrons. The molecule has 15 heavy (non-hydrogen) atoms. The summed E-state index contributed by atoms with van der Waals surface area (Å²) in [7, 11) is 0. The van der Waals surface area contributed by atoms with Crippen molar-refractivity contribution in [2.45, 2.75) is 13.3 Å². The van der Waals surface area contributed by atoms with Crippen LogP contribution in [0.2, 0.25) is 0 Å². The molecule has 0 amide bonds. The van der Waals surface area contributed by atoms with Crippen molar-refractivity contribution < 1.29 is 14.3 Å². The molecule has 0 bridgehead atoms. The Balaban J connectivity index is 2.16. The number of fused-ring (bicyclic) bond motifs is 1. The molecule has 3 heteroatoms. The van der Waals surface area contributed by atoms with Crippen molar-refractivity contribution >= 4 is 5.97 Å². The molecular weight excluding hydrogens is 192 g/mol. The quantitative estimate of drug-likeness (QED) is 0.692. The number of esters is 1. The van der Waals surface area contributed by atoms with E-state index in [9.17, 15) is 4.79 Å². The molecule has 0 unspecified atom stereocenters. The first-order valence-electron chi connectivity index (χ1n) is 4.92. The van der Waals surface area contributed by atoms with Crippen LogP contribution in [0.15, 0.2) is 36.1 Å². The summed E-state index contributed by atoms with van der Waals surface area (Å²) < 4.78 is 10.2. The minimum Gasteiger partial charge on any atom is -0.464 e. The molecule has 0 atom stereocenters. The van der Waals surface area contributed by atoms with Crippen LogP contribution in [-0.4, -0.2) is 12.6 Å². The fraction of sp³-hybridized carbons (Fsp3) is 0.250. The van der Waals surface area contributed by atoms with E-state index in [1.165, 1.54) is 6.26 Å². The van der Waals surface area contributed by atoms with Crippen molar-refractivity contribution in [1.29, 1.82) is 0 Å². The van der Waals surface area contributed by atoms with Crippen molar-refractivity contribution in [3.8, 4) is 5.75 Å². The van der Waals surface area contributed by atoms with Gasteiger partial charge in [-0.1, -0.05) is 18.2 Å². The lowest BCUT2D eigenvalue weighted by Crippen LogP contribution is -2.14. The number of para-hydroxylation sites is 1. The number of carbonyl (C=O) groups is 1. The second-order valence-corrected chi connectivity index (χ2v) is 3.27. The highest BCUT2D eigenvalue weighted by Crippen LogP contribution is 2.26. The van der Waals surface area contributed by atoms with Gasteiger partial charge in [-0.25, -0.2) is 4.79 Å². The Morgan fingerprint density at radius 1 is 1.47 bits per heavy atom. The number of rotatable bonds is 2. The summed E-state index contributed by atoms with van der Waals surface area (Å²) in [6, 6.07) is 7.66. The first kappa shape index (κ1) is 9.77. The monoisotopic (exact) mass is 204 g/mol. The molecule has 0 aromatic heterocycles. The van der Waals surface area contributed by atoms with Crippen LogP contribution < -0.4 is 4.74 Å². The topological polar surface area (TPSA) is 35.5 Å². The van der Waals surface area contributed by atoms with Gasteiger partial charge in [0.1, 0.15) is 12.0 Å². The molecule has 1 aromatic rings. The lowest BCUT2D eigenvalue weighted by molar-refractivity contribution is -0.138. The largest absolute Gasteiger partial charge is 0.464 e. The third kappa shape index (κ3) is 2.01. The number of carbonyl (C=O) groups excluding carboxylic acids is 1. The Labute approximate surface area is 88.3 Å². The average molecular weight is 204 g/mol. The molecule has 2 rings (SSSR count). The number of benzene rings is 1. The SMILES string of the molecule is CCOC(=O)C1=COc2ccccc2C1. The minimum absolute atomic E-state index is 0.299. The summed E-state index contributed by atoms with van der Waals surface area (Å²) in [6.45, 7) is 2.17. The van der Waals surface area contributed by atoms with Gasteiger partial charge in [0.15, 0.2) is 0 Å². The van der Waals surface area contributed by atoms with Crippen LogP contribution >= 0.6 is 0 Å². The smallest absolute Gasteiger partial charge is 0.337 e. The highest BCUT2D eigenvalue weighted by Gasteiger charge is 2.18. The van der Waals surface area contributed by atoms with Crippen LogP contribution in [0.4, 0.5) is 0 Å². The van der Waals surface area contributed by atoms with Gasteiger partial charge in [-0.3, -0.25) is 0 Å². The Morgan fingerprint density at radius 3 is 3.07 bits per heavy atom. The Bertz CT molecular complexity index is 407. The fourth-order valence-electron chi connectivity index (χ4n) is 1.49. The molecule has 1 heterocycles. The van der Waals surface area contributed by atoms with E-state index in [4.69, 9.17) is 9.47 Å². The fourth-order valence-corrected chi connectivity index (χ4v) is 1.49. The van der Waals surface area contributed by atoms with E-state index in [-0.39, 0.29) is 5.97 Å². The van der Waals surface area contributed by atoms with Crippen molar-refractivity contribution in [1.82, 2.24) is 0 Å². The van der Waals surface area contributed by atoms with E-state index in [2.05, 4.69) is 0 Å². The van der Waals surface area contributed by atoms with Crippen molar-refractivity contribution in [2.75, 3.05) is 6.61 Å². The average Bonchev–Trinajstić information content (AvgIpc) is 2.29. The highest BCUT2D eigenvalue weighted by molar-refractivity contribution is 5.89. The van der Waals surface area contributed by atoms with Crippen LogP contribution in [0.5, 0.6) is 5.75 Å². The van der Waals surface area contributed by atoms with Gasteiger partial charge in [0.25, 0.3) is 0 Å². The van der Waals surface area contributed by atoms with Crippen LogP contribution in [0.3, 0.4) is 0 Å². The van der Waals surface area contributed by atoms with Crippen molar-refractivity contribution in [2.24, 2.45) is 0 Å². The molecule has 0 N–H and O–H groups in total.